The Hall–Kier alpha value is -1.93. The van der Waals surface area contributed by atoms with E-state index in [1.807, 2.05) is 47.8 Å². The lowest BCUT2D eigenvalue weighted by Crippen LogP contribution is -1.83. The first-order chi connectivity index (χ1) is 11.2. The van der Waals surface area contributed by atoms with Gasteiger partial charge < -0.3 is 0 Å². The fourth-order valence-corrected chi connectivity index (χ4v) is 3.31. The number of aromatic nitrogens is 1. The molecule has 0 fully saturated rings. The molecule has 2 aromatic carbocycles. The number of allylic oxidation sites excluding steroid dienone is 1. The average Bonchev–Trinajstić information content (AvgIpc) is 3.03. The summed E-state index contributed by atoms with van der Waals surface area (Å²) in [5.41, 5.74) is 3.30. The second-order valence-corrected chi connectivity index (χ2v) is 6.98. The van der Waals surface area contributed by atoms with Crippen LogP contribution in [0.15, 0.2) is 58.4 Å². The molecule has 0 radical (unpaired) electrons. The van der Waals surface area contributed by atoms with E-state index in [2.05, 4.69) is 27.0 Å². The number of rotatable bonds is 3. The lowest BCUT2D eigenvalue weighted by molar-refractivity contribution is 1.37. The summed E-state index contributed by atoms with van der Waals surface area (Å²) in [6.07, 6.45) is 1.80. The molecule has 0 bridgehead atoms. The molecule has 0 N–H and O–H groups in total. The summed E-state index contributed by atoms with van der Waals surface area (Å²) >= 11 is 10.9. The highest BCUT2D eigenvalue weighted by molar-refractivity contribution is 9.10. The molecule has 0 aliphatic rings. The van der Waals surface area contributed by atoms with Crippen LogP contribution in [-0.2, 0) is 0 Å². The van der Waals surface area contributed by atoms with Gasteiger partial charge in [-0.1, -0.05) is 51.8 Å². The van der Waals surface area contributed by atoms with Crippen LogP contribution in [0, 0.1) is 11.3 Å². The molecule has 0 spiro atoms. The number of benzene rings is 2. The Balaban J connectivity index is 1.94. The van der Waals surface area contributed by atoms with Crippen molar-refractivity contribution in [1.29, 1.82) is 5.26 Å². The van der Waals surface area contributed by atoms with E-state index < -0.39 is 0 Å². The molecule has 1 heterocycles. The van der Waals surface area contributed by atoms with Crippen LogP contribution in [0.5, 0.6) is 0 Å². The van der Waals surface area contributed by atoms with E-state index >= 15 is 0 Å². The zero-order valence-electron chi connectivity index (χ0n) is 11.8. The second-order valence-electron chi connectivity index (χ2n) is 4.77. The first-order valence-electron chi connectivity index (χ1n) is 6.75. The third-order valence-electron chi connectivity index (χ3n) is 3.15. The Bertz CT molecular complexity index is 907. The Labute approximate surface area is 151 Å². The molecule has 112 valence electrons. The third kappa shape index (κ3) is 3.89. The van der Waals surface area contributed by atoms with E-state index in [0.717, 1.165) is 21.3 Å². The Morgan fingerprint density at radius 3 is 2.70 bits per heavy atom. The van der Waals surface area contributed by atoms with Gasteiger partial charge in [0.05, 0.1) is 11.3 Å². The molecule has 3 rings (SSSR count). The van der Waals surface area contributed by atoms with E-state index in [1.165, 1.54) is 11.3 Å². The molecule has 2 nitrogen and oxygen atoms in total. The van der Waals surface area contributed by atoms with Gasteiger partial charge in [-0.05, 0) is 35.9 Å². The Morgan fingerprint density at radius 1 is 1.22 bits per heavy atom. The topological polar surface area (TPSA) is 36.7 Å². The Morgan fingerprint density at radius 2 is 2.00 bits per heavy atom. The SMILES string of the molecule is N#CC(=Cc1cccc(Cl)c1)c1nc(-c2ccc(Br)cc2)cs1. The Kier molecular flexibility index (Phi) is 4.92. The van der Waals surface area contributed by atoms with Crippen LogP contribution in [-0.4, -0.2) is 4.98 Å². The van der Waals surface area contributed by atoms with E-state index in [1.54, 1.807) is 12.1 Å². The van der Waals surface area contributed by atoms with Crippen molar-refractivity contribution in [2.45, 2.75) is 0 Å². The van der Waals surface area contributed by atoms with Crippen LogP contribution in [0.2, 0.25) is 5.02 Å². The van der Waals surface area contributed by atoms with Crippen LogP contribution in [0.4, 0.5) is 0 Å². The lowest BCUT2D eigenvalue weighted by Gasteiger charge is -1.98. The van der Waals surface area contributed by atoms with Gasteiger partial charge in [0.2, 0.25) is 0 Å². The smallest absolute Gasteiger partial charge is 0.134 e. The maximum absolute atomic E-state index is 9.44. The predicted molar refractivity (Wildman–Crippen MR) is 100 cm³/mol. The fourth-order valence-electron chi connectivity index (χ4n) is 2.06. The summed E-state index contributed by atoms with van der Waals surface area (Å²) in [6, 6.07) is 17.6. The molecular formula is C18H10BrClN2S. The van der Waals surface area contributed by atoms with Crippen LogP contribution < -0.4 is 0 Å². The van der Waals surface area contributed by atoms with Gasteiger partial charge in [0.1, 0.15) is 11.1 Å². The number of hydrogen-bond donors (Lipinski definition) is 0. The molecule has 0 amide bonds. The van der Waals surface area contributed by atoms with Gasteiger partial charge in [-0.3, -0.25) is 0 Å². The van der Waals surface area contributed by atoms with Gasteiger partial charge in [-0.2, -0.15) is 5.26 Å². The van der Waals surface area contributed by atoms with Crippen molar-refractivity contribution in [3.63, 3.8) is 0 Å². The summed E-state index contributed by atoms with van der Waals surface area (Å²) in [5, 5.41) is 12.7. The number of nitriles is 1. The van der Waals surface area contributed by atoms with Crippen molar-refractivity contribution in [3.05, 3.63) is 74.0 Å². The maximum Gasteiger partial charge on any atom is 0.134 e. The van der Waals surface area contributed by atoms with E-state index in [9.17, 15) is 5.26 Å². The van der Waals surface area contributed by atoms with E-state index in [4.69, 9.17) is 11.6 Å². The maximum atomic E-state index is 9.44. The fraction of sp³-hybridized carbons (Fsp3) is 0. The average molecular weight is 402 g/mol. The van der Waals surface area contributed by atoms with Crippen LogP contribution >= 0.6 is 38.9 Å². The molecule has 1 aromatic heterocycles. The monoisotopic (exact) mass is 400 g/mol. The zero-order valence-corrected chi connectivity index (χ0v) is 15.0. The van der Waals surface area contributed by atoms with Crippen molar-refractivity contribution in [2.24, 2.45) is 0 Å². The minimum atomic E-state index is 0.528. The van der Waals surface area contributed by atoms with Crippen molar-refractivity contribution in [1.82, 2.24) is 4.98 Å². The van der Waals surface area contributed by atoms with Crippen molar-refractivity contribution in [2.75, 3.05) is 0 Å². The van der Waals surface area contributed by atoms with Gasteiger partial charge in [-0.25, -0.2) is 4.98 Å². The normalized spacial score (nSPS) is 11.3. The molecular weight excluding hydrogens is 392 g/mol. The highest BCUT2D eigenvalue weighted by atomic mass is 79.9. The molecule has 5 heteroatoms. The van der Waals surface area contributed by atoms with Crippen LogP contribution in [0.3, 0.4) is 0 Å². The molecule has 0 atom stereocenters. The third-order valence-corrected chi connectivity index (χ3v) is 4.79. The summed E-state index contributed by atoms with van der Waals surface area (Å²) in [5.74, 6) is 0. The largest absolute Gasteiger partial charge is 0.235 e. The van der Waals surface area contributed by atoms with Gasteiger partial charge in [0, 0.05) is 20.4 Å². The quantitative estimate of drug-likeness (QED) is 0.483. The highest BCUT2D eigenvalue weighted by Crippen LogP contribution is 2.28. The molecule has 0 saturated carbocycles. The molecule has 23 heavy (non-hydrogen) atoms. The van der Waals surface area contributed by atoms with Crippen LogP contribution in [0.25, 0.3) is 22.9 Å². The van der Waals surface area contributed by atoms with Crippen molar-refractivity contribution in [3.8, 4) is 17.3 Å². The number of halogens is 2. The first kappa shape index (κ1) is 15.9. The lowest BCUT2D eigenvalue weighted by atomic mass is 10.1. The van der Waals surface area contributed by atoms with Gasteiger partial charge in [-0.15, -0.1) is 11.3 Å². The van der Waals surface area contributed by atoms with Gasteiger partial charge >= 0.3 is 0 Å². The van der Waals surface area contributed by atoms with E-state index in [-0.39, 0.29) is 0 Å². The standard InChI is InChI=1S/C18H10BrClN2S/c19-15-6-4-13(5-7-15)17-11-23-18(22-17)14(10-21)8-12-2-1-3-16(20)9-12/h1-9,11H. The molecule has 0 aliphatic heterocycles. The first-order valence-corrected chi connectivity index (χ1v) is 8.80. The summed E-state index contributed by atoms with van der Waals surface area (Å²) < 4.78 is 1.02. The summed E-state index contributed by atoms with van der Waals surface area (Å²) in [7, 11) is 0. The number of nitrogens with zero attached hydrogens (tertiary/aromatic N) is 2. The molecule has 0 saturated heterocycles. The number of thiazole rings is 1. The highest BCUT2D eigenvalue weighted by Gasteiger charge is 2.09. The van der Waals surface area contributed by atoms with E-state index in [0.29, 0.717) is 15.6 Å². The van der Waals surface area contributed by atoms with Gasteiger partial charge in [0.25, 0.3) is 0 Å². The summed E-state index contributed by atoms with van der Waals surface area (Å²) in [6.45, 7) is 0. The predicted octanol–water partition coefficient (Wildman–Crippen LogP) is 6.29. The number of hydrogen-bond acceptors (Lipinski definition) is 3. The molecule has 0 unspecified atom stereocenters. The van der Waals surface area contributed by atoms with Crippen molar-refractivity contribution < 1.29 is 0 Å². The summed E-state index contributed by atoms with van der Waals surface area (Å²) in [4.78, 5) is 4.58. The van der Waals surface area contributed by atoms with Gasteiger partial charge in [0.15, 0.2) is 0 Å². The molecule has 0 aliphatic carbocycles. The van der Waals surface area contributed by atoms with Crippen LogP contribution in [0.1, 0.15) is 10.6 Å². The zero-order chi connectivity index (χ0) is 16.2. The molecule has 3 aromatic rings. The minimum Gasteiger partial charge on any atom is -0.235 e. The minimum absolute atomic E-state index is 0.528. The second kappa shape index (κ2) is 7.10. The van der Waals surface area contributed by atoms with Crippen molar-refractivity contribution >= 4 is 50.5 Å².